The number of nitrogens with one attached hydrogen (secondary N) is 1. The quantitative estimate of drug-likeness (QED) is 0.251. The second-order valence-corrected chi connectivity index (χ2v) is 9.16. The summed E-state index contributed by atoms with van der Waals surface area (Å²) in [6, 6.07) is 2.30. The molecule has 1 N–H and O–H groups in total. The van der Waals surface area contributed by atoms with Crippen LogP contribution in [0.25, 0.3) is 10.9 Å². The fourth-order valence-corrected chi connectivity index (χ4v) is 5.42. The maximum Gasteiger partial charge on any atom is 0.164 e. The summed E-state index contributed by atoms with van der Waals surface area (Å²) in [7, 11) is 0. The molecule has 1 heterocycles. The van der Waals surface area contributed by atoms with Gasteiger partial charge in [0.1, 0.15) is 10.5 Å². The molecule has 1 aromatic heterocycles. The van der Waals surface area contributed by atoms with Gasteiger partial charge in [-0.2, -0.15) is 0 Å². The van der Waals surface area contributed by atoms with E-state index in [4.69, 9.17) is 0 Å². The maximum absolute atomic E-state index is 14.8. The van der Waals surface area contributed by atoms with E-state index in [1.807, 2.05) is 12.3 Å². The molecule has 2 bridgehead atoms. The van der Waals surface area contributed by atoms with Crippen LogP contribution in [-0.2, 0) is 0 Å². The Morgan fingerprint density at radius 3 is 2.75 bits per heavy atom. The molecular formula is C17H15BrFIN2OS. The van der Waals surface area contributed by atoms with Crippen molar-refractivity contribution >= 4 is 73.2 Å². The number of carbonyl (C=O) groups excluding carboxylic acids is 1. The van der Waals surface area contributed by atoms with Crippen molar-refractivity contribution in [2.75, 3.05) is 11.6 Å². The average molecular weight is 521 g/mol. The molecule has 0 spiro atoms. The monoisotopic (exact) mass is 520 g/mol. The number of nitrogens with zero attached hydrogens (tertiary/aromatic N) is 1. The summed E-state index contributed by atoms with van der Waals surface area (Å²) in [6.45, 7) is 0. The van der Waals surface area contributed by atoms with Crippen molar-refractivity contribution in [3.05, 3.63) is 25.5 Å². The molecule has 3 aliphatic carbocycles. The second-order valence-electron chi connectivity index (χ2n) is 6.41. The zero-order valence-corrected chi connectivity index (χ0v) is 17.5. The number of carbonyl (C=O) groups is 1. The Labute approximate surface area is 165 Å². The van der Waals surface area contributed by atoms with Crippen LogP contribution in [0.1, 0.15) is 29.6 Å². The average Bonchev–Trinajstić information content (AvgIpc) is 3.21. The van der Waals surface area contributed by atoms with Gasteiger partial charge in [-0.05, 0) is 81.9 Å². The van der Waals surface area contributed by atoms with E-state index in [0.717, 1.165) is 15.5 Å². The Morgan fingerprint density at radius 2 is 2.17 bits per heavy atom. The van der Waals surface area contributed by atoms with E-state index in [1.165, 1.54) is 31.0 Å². The third kappa shape index (κ3) is 2.49. The molecule has 3 fully saturated rings. The van der Waals surface area contributed by atoms with E-state index in [-0.39, 0.29) is 5.82 Å². The molecule has 0 saturated heterocycles. The first-order valence-corrected chi connectivity index (χ1v) is 10.9. The van der Waals surface area contributed by atoms with E-state index in [0.29, 0.717) is 43.8 Å². The highest BCUT2D eigenvalue weighted by atomic mass is 127. The van der Waals surface area contributed by atoms with Gasteiger partial charge in [0.15, 0.2) is 12.1 Å². The fraction of sp³-hybridized carbons (Fsp3) is 0.412. The van der Waals surface area contributed by atoms with Crippen LogP contribution >= 0.6 is 50.3 Å². The molecule has 0 unspecified atom stereocenters. The zero-order valence-electron chi connectivity index (χ0n) is 12.9. The first-order valence-electron chi connectivity index (χ1n) is 7.82. The van der Waals surface area contributed by atoms with E-state index in [1.54, 1.807) is 0 Å². The number of thioether (sulfide) groups is 1. The van der Waals surface area contributed by atoms with Gasteiger partial charge in [0, 0.05) is 15.0 Å². The Kier molecular flexibility index (Phi) is 4.53. The van der Waals surface area contributed by atoms with Crippen LogP contribution in [0.5, 0.6) is 0 Å². The number of hydrogen-bond donors (Lipinski definition) is 1. The van der Waals surface area contributed by atoms with Crippen molar-refractivity contribution in [1.29, 1.82) is 0 Å². The van der Waals surface area contributed by atoms with Gasteiger partial charge in [-0.1, -0.05) is 0 Å². The van der Waals surface area contributed by atoms with Crippen LogP contribution in [0, 0.1) is 21.2 Å². The van der Waals surface area contributed by atoms with Crippen molar-refractivity contribution in [3.63, 3.8) is 0 Å². The number of rotatable bonds is 4. The van der Waals surface area contributed by atoms with Crippen LogP contribution < -0.4 is 5.32 Å². The first-order chi connectivity index (χ1) is 11.5. The molecule has 126 valence electrons. The van der Waals surface area contributed by atoms with Crippen LogP contribution in [0.15, 0.2) is 15.6 Å². The number of aromatic nitrogens is 1. The predicted molar refractivity (Wildman–Crippen MR) is 108 cm³/mol. The number of benzene rings is 1. The van der Waals surface area contributed by atoms with Gasteiger partial charge in [-0.25, -0.2) is 9.37 Å². The van der Waals surface area contributed by atoms with Crippen molar-refractivity contribution < 1.29 is 9.18 Å². The largest absolute Gasteiger partial charge is 0.381 e. The lowest BCUT2D eigenvalue weighted by atomic mass is 9.78. The maximum atomic E-state index is 14.8. The molecule has 3 atom stereocenters. The number of anilines is 1. The molecular weight excluding hydrogens is 506 g/mol. The molecule has 0 amide bonds. The molecule has 3 nitrogen and oxygen atoms in total. The van der Waals surface area contributed by atoms with Crippen LogP contribution in [0.4, 0.5) is 10.1 Å². The zero-order chi connectivity index (χ0) is 17.0. The highest BCUT2D eigenvalue weighted by molar-refractivity contribution is 14.1. The SMILES string of the molecule is CSc1nc2c(F)c(Br)c(I)cc2c(N[C@@H]2[C@@H]3CC[C@H]2C3)c1C=O. The molecule has 2 aromatic rings. The molecule has 7 heteroatoms. The number of aldehydes is 1. The van der Waals surface area contributed by atoms with Crippen molar-refractivity contribution in [2.24, 2.45) is 11.8 Å². The summed E-state index contributed by atoms with van der Waals surface area (Å²) < 4.78 is 15.9. The van der Waals surface area contributed by atoms with E-state index >= 15 is 0 Å². The Morgan fingerprint density at radius 1 is 1.46 bits per heavy atom. The van der Waals surface area contributed by atoms with Crippen molar-refractivity contribution in [2.45, 2.75) is 30.3 Å². The van der Waals surface area contributed by atoms with E-state index in [9.17, 15) is 9.18 Å². The molecule has 5 rings (SSSR count). The summed E-state index contributed by atoms with van der Waals surface area (Å²) in [5, 5.41) is 4.84. The number of hydrogen-bond acceptors (Lipinski definition) is 4. The second kappa shape index (κ2) is 6.39. The lowest BCUT2D eigenvalue weighted by Gasteiger charge is -2.37. The summed E-state index contributed by atoms with van der Waals surface area (Å²) in [4.78, 5) is 16.2. The molecule has 0 aliphatic heterocycles. The van der Waals surface area contributed by atoms with Gasteiger partial charge >= 0.3 is 0 Å². The lowest BCUT2D eigenvalue weighted by Crippen LogP contribution is -2.40. The topological polar surface area (TPSA) is 42.0 Å². The lowest BCUT2D eigenvalue weighted by molar-refractivity contribution is 0.112. The number of pyridine rings is 1. The van der Waals surface area contributed by atoms with Gasteiger partial charge in [0.25, 0.3) is 0 Å². The van der Waals surface area contributed by atoms with E-state index in [2.05, 4.69) is 48.8 Å². The molecule has 3 aliphatic rings. The van der Waals surface area contributed by atoms with Crippen LogP contribution in [0.3, 0.4) is 0 Å². The molecule has 1 aromatic carbocycles. The predicted octanol–water partition coefficient (Wildman–Crippen LogP) is 5.49. The normalized spacial score (nSPS) is 24.9. The van der Waals surface area contributed by atoms with Gasteiger partial charge in [-0.3, -0.25) is 4.79 Å². The van der Waals surface area contributed by atoms with E-state index < -0.39 is 0 Å². The van der Waals surface area contributed by atoms with Gasteiger partial charge in [-0.15, -0.1) is 11.8 Å². The minimum atomic E-state index is -0.371. The standard InChI is InChI=1S/C17H15BrFIN2OS/c1-24-17-10(6-23)15(21-14-7-2-3-8(14)4-7)9-5-11(20)12(18)13(19)16(9)22-17/h5-8,14H,2-4H2,1H3,(H,21,22)/t7-,8+,14-. The highest BCUT2D eigenvalue weighted by Gasteiger charge is 2.47. The van der Waals surface area contributed by atoms with Crippen LogP contribution in [-0.4, -0.2) is 23.6 Å². The number of fused-ring (bicyclic) bond motifs is 2. The number of halogens is 3. The molecule has 0 radical (unpaired) electrons. The summed E-state index contributed by atoms with van der Waals surface area (Å²) >= 11 is 6.76. The molecule has 3 saturated carbocycles. The summed E-state index contributed by atoms with van der Waals surface area (Å²) in [5.41, 5.74) is 1.59. The van der Waals surface area contributed by atoms with Gasteiger partial charge in [0.2, 0.25) is 0 Å². The Hall–Kier alpha value is -0.410. The third-order valence-electron chi connectivity index (χ3n) is 5.27. The first kappa shape index (κ1) is 17.0. The van der Waals surface area contributed by atoms with Gasteiger partial charge in [0.05, 0.1) is 15.7 Å². The molecule has 24 heavy (non-hydrogen) atoms. The van der Waals surface area contributed by atoms with Crippen molar-refractivity contribution in [1.82, 2.24) is 4.98 Å². The van der Waals surface area contributed by atoms with Crippen molar-refractivity contribution in [3.8, 4) is 0 Å². The Bertz CT molecular complexity index is 849. The minimum absolute atomic E-state index is 0.311. The fourth-order valence-electron chi connectivity index (χ4n) is 4.02. The minimum Gasteiger partial charge on any atom is -0.381 e. The Balaban J connectivity index is 1.95. The van der Waals surface area contributed by atoms with Gasteiger partial charge < -0.3 is 5.32 Å². The smallest absolute Gasteiger partial charge is 0.164 e. The highest BCUT2D eigenvalue weighted by Crippen LogP contribution is 2.51. The van der Waals surface area contributed by atoms with Crippen LogP contribution in [0.2, 0.25) is 0 Å². The summed E-state index contributed by atoms with van der Waals surface area (Å²) in [6.07, 6.45) is 6.46. The summed E-state index contributed by atoms with van der Waals surface area (Å²) in [5.74, 6) is 0.980. The third-order valence-corrected chi connectivity index (χ3v) is 8.34.